The number of aromatic nitrogens is 3. The zero-order chi connectivity index (χ0) is 30.3. The van der Waals surface area contributed by atoms with Gasteiger partial charge in [-0.1, -0.05) is 18.2 Å². The predicted molar refractivity (Wildman–Crippen MR) is 159 cm³/mol. The Labute approximate surface area is 245 Å². The number of nitrogens with zero attached hydrogens (tertiary/aromatic N) is 4. The number of esters is 1. The van der Waals surface area contributed by atoms with Gasteiger partial charge >= 0.3 is 5.97 Å². The van der Waals surface area contributed by atoms with Crippen molar-refractivity contribution in [2.24, 2.45) is 4.99 Å². The molecule has 2 aromatic heterocycles. The summed E-state index contributed by atoms with van der Waals surface area (Å²) in [7, 11) is -4.01. The second-order valence-electron chi connectivity index (χ2n) is 10.9. The Hall–Kier alpha value is -4.04. The van der Waals surface area contributed by atoms with E-state index in [1.54, 1.807) is 45.9 Å². The van der Waals surface area contributed by atoms with E-state index >= 15 is 0 Å². The van der Waals surface area contributed by atoms with Crippen molar-refractivity contribution in [3.05, 3.63) is 48.4 Å². The summed E-state index contributed by atoms with van der Waals surface area (Å²) in [5.41, 5.74) is -0.164. The predicted octanol–water partition coefficient (Wildman–Crippen LogP) is 2.09. The molecule has 4 N–H and O–H groups in total. The molecular formula is C28H38N8O5S. The largest absolute Gasteiger partial charge is 0.459 e. The quantitative estimate of drug-likeness (QED) is 0.242. The van der Waals surface area contributed by atoms with Crippen LogP contribution in [0.5, 0.6) is 0 Å². The van der Waals surface area contributed by atoms with E-state index in [0.29, 0.717) is 54.6 Å². The molecule has 0 saturated carbocycles. The van der Waals surface area contributed by atoms with Crippen LogP contribution in [0.3, 0.4) is 0 Å². The number of fused-ring (bicyclic) bond motifs is 1. The lowest BCUT2D eigenvalue weighted by atomic mass is 10.2. The van der Waals surface area contributed by atoms with Crippen molar-refractivity contribution >= 4 is 44.7 Å². The molecule has 0 bridgehead atoms. The number of carbonyl (C=O) groups is 2. The van der Waals surface area contributed by atoms with Gasteiger partial charge in [0.05, 0.1) is 10.3 Å². The van der Waals surface area contributed by atoms with E-state index in [0.717, 1.165) is 13.0 Å². The molecule has 1 atom stereocenters. The number of benzene rings is 1. The maximum absolute atomic E-state index is 13.1. The highest BCUT2D eigenvalue weighted by atomic mass is 32.2. The fourth-order valence-electron chi connectivity index (χ4n) is 4.31. The number of rotatable bonds is 11. The Morgan fingerprint density at radius 1 is 1.14 bits per heavy atom. The van der Waals surface area contributed by atoms with Crippen LogP contribution >= 0.6 is 0 Å². The zero-order valence-corrected chi connectivity index (χ0v) is 25.1. The van der Waals surface area contributed by atoms with Gasteiger partial charge in [0.25, 0.3) is 0 Å². The topological polar surface area (TPSA) is 169 Å². The standard InChI is InChI=1S/C28H38N8O5S/c1-19-32-24(21-13-17-36(25(21)33-19)16-8-12-23(37)34-27-29-14-9-15-30-27)31-18-22(26(38)41-28(2,3)4)35-42(39,40)20-10-6-5-7-11-20/h5-7,10-11,13,17,22,35H,8-9,12,14-16,18H2,1-4H3,(H,31,32,33)(H2,29,30,34,37)/t22-/m0/s1. The summed E-state index contributed by atoms with van der Waals surface area (Å²) in [4.78, 5) is 38.8. The first-order valence-electron chi connectivity index (χ1n) is 13.9. The molecule has 4 rings (SSSR count). The minimum atomic E-state index is -4.01. The third-order valence-electron chi connectivity index (χ3n) is 6.20. The maximum atomic E-state index is 13.1. The molecule has 14 heteroatoms. The summed E-state index contributed by atoms with van der Waals surface area (Å²) in [6, 6.07) is 8.43. The van der Waals surface area contributed by atoms with E-state index in [9.17, 15) is 18.0 Å². The molecular weight excluding hydrogens is 560 g/mol. The minimum absolute atomic E-state index is 0.0348. The van der Waals surface area contributed by atoms with Crippen molar-refractivity contribution in [1.29, 1.82) is 0 Å². The summed E-state index contributed by atoms with van der Waals surface area (Å²) in [5, 5.41) is 9.69. The summed E-state index contributed by atoms with van der Waals surface area (Å²) < 4.78 is 36.0. The lowest BCUT2D eigenvalue weighted by Gasteiger charge is -2.25. The van der Waals surface area contributed by atoms with Gasteiger partial charge in [-0.25, -0.2) is 18.4 Å². The van der Waals surface area contributed by atoms with Crippen molar-refractivity contribution in [1.82, 2.24) is 29.9 Å². The number of ether oxygens (including phenoxy) is 1. The van der Waals surface area contributed by atoms with Crippen molar-refractivity contribution in [3.63, 3.8) is 0 Å². The molecule has 0 saturated heterocycles. The third kappa shape index (κ3) is 8.49. The van der Waals surface area contributed by atoms with Gasteiger partial charge in [0, 0.05) is 38.8 Å². The number of guanidine groups is 1. The van der Waals surface area contributed by atoms with Crippen molar-refractivity contribution in [2.75, 3.05) is 25.0 Å². The van der Waals surface area contributed by atoms with Gasteiger partial charge in [-0.05, 0) is 58.7 Å². The van der Waals surface area contributed by atoms with Crippen LogP contribution in [0.25, 0.3) is 11.0 Å². The highest BCUT2D eigenvalue weighted by Crippen LogP contribution is 2.23. The van der Waals surface area contributed by atoms with Crippen molar-refractivity contribution in [3.8, 4) is 0 Å². The average molecular weight is 599 g/mol. The molecule has 0 fully saturated rings. The number of aryl methyl sites for hydroxylation is 2. The normalized spacial score (nSPS) is 14.5. The number of nitrogens with one attached hydrogen (secondary N) is 4. The molecule has 0 spiro atoms. The van der Waals surface area contributed by atoms with Crippen LogP contribution in [0.1, 0.15) is 45.9 Å². The number of hydrogen-bond acceptors (Lipinski definition) is 10. The molecule has 0 radical (unpaired) electrons. The van der Waals surface area contributed by atoms with Gasteiger partial charge in [-0.3, -0.25) is 19.9 Å². The van der Waals surface area contributed by atoms with Crippen LogP contribution in [0.15, 0.2) is 52.5 Å². The monoisotopic (exact) mass is 598 g/mol. The van der Waals surface area contributed by atoms with Gasteiger partial charge in [-0.15, -0.1) is 0 Å². The van der Waals surface area contributed by atoms with E-state index in [1.807, 2.05) is 16.8 Å². The SMILES string of the molecule is Cc1nc(NC[C@H](NS(=O)(=O)c2ccccc2)C(=O)OC(C)(C)C)c2ccn(CCCC(=O)NC3=NCCCN3)c2n1. The molecule has 13 nitrogen and oxygen atoms in total. The molecule has 3 heterocycles. The smallest absolute Gasteiger partial charge is 0.326 e. The van der Waals surface area contributed by atoms with Crippen LogP contribution in [0.4, 0.5) is 5.82 Å². The van der Waals surface area contributed by atoms with Crippen LogP contribution < -0.4 is 20.7 Å². The first-order valence-corrected chi connectivity index (χ1v) is 15.4. The fraction of sp³-hybridized carbons (Fsp3) is 0.464. The molecule has 3 aromatic rings. The maximum Gasteiger partial charge on any atom is 0.326 e. The Morgan fingerprint density at radius 2 is 1.90 bits per heavy atom. The molecule has 1 aromatic carbocycles. The van der Waals surface area contributed by atoms with Gasteiger partial charge in [0.15, 0.2) is 5.96 Å². The van der Waals surface area contributed by atoms with Crippen molar-refractivity contribution < 1.29 is 22.7 Å². The summed E-state index contributed by atoms with van der Waals surface area (Å²) in [6.45, 7) is 8.81. The van der Waals surface area contributed by atoms with Crippen LogP contribution in [0, 0.1) is 6.92 Å². The molecule has 1 aliphatic heterocycles. The molecule has 1 amide bonds. The number of sulfonamides is 1. The van der Waals surface area contributed by atoms with Gasteiger partial charge < -0.3 is 19.9 Å². The number of amides is 1. The molecule has 0 unspecified atom stereocenters. The molecule has 226 valence electrons. The second-order valence-corrected chi connectivity index (χ2v) is 12.6. The minimum Gasteiger partial charge on any atom is -0.459 e. The van der Waals surface area contributed by atoms with Gasteiger partial charge in [0.2, 0.25) is 15.9 Å². The van der Waals surface area contributed by atoms with Crippen LogP contribution in [-0.2, 0) is 30.9 Å². The van der Waals surface area contributed by atoms with E-state index < -0.39 is 27.6 Å². The number of anilines is 1. The van der Waals surface area contributed by atoms with Crippen LogP contribution in [0.2, 0.25) is 0 Å². The summed E-state index contributed by atoms with van der Waals surface area (Å²) in [6.07, 6.45) is 3.70. The highest BCUT2D eigenvalue weighted by Gasteiger charge is 2.30. The third-order valence-corrected chi connectivity index (χ3v) is 7.69. The van der Waals surface area contributed by atoms with E-state index in [2.05, 4.69) is 35.6 Å². The van der Waals surface area contributed by atoms with E-state index in [-0.39, 0.29) is 17.3 Å². The first-order chi connectivity index (χ1) is 19.9. The molecule has 0 aliphatic carbocycles. The van der Waals surface area contributed by atoms with Gasteiger partial charge in [-0.2, -0.15) is 4.72 Å². The number of carbonyl (C=O) groups excluding carboxylic acids is 2. The fourth-order valence-corrected chi connectivity index (χ4v) is 5.52. The Morgan fingerprint density at radius 3 is 2.60 bits per heavy atom. The Bertz CT molecular complexity index is 1550. The lowest BCUT2D eigenvalue weighted by Crippen LogP contribution is -2.48. The summed E-state index contributed by atoms with van der Waals surface area (Å²) in [5.74, 6) is 0.624. The Balaban J connectivity index is 1.46. The van der Waals surface area contributed by atoms with Gasteiger partial charge in [0.1, 0.15) is 28.9 Å². The number of aliphatic imine (C=N–C) groups is 1. The zero-order valence-electron chi connectivity index (χ0n) is 24.3. The Kier molecular flexibility index (Phi) is 9.78. The summed E-state index contributed by atoms with van der Waals surface area (Å²) >= 11 is 0. The molecule has 1 aliphatic rings. The second kappa shape index (κ2) is 13.3. The van der Waals surface area contributed by atoms with Crippen LogP contribution in [-0.4, -0.2) is 72.1 Å². The number of hydrogen-bond donors (Lipinski definition) is 4. The first kappa shape index (κ1) is 30.9. The highest BCUT2D eigenvalue weighted by molar-refractivity contribution is 7.89. The average Bonchev–Trinajstić information content (AvgIpc) is 3.33. The molecule has 42 heavy (non-hydrogen) atoms. The van der Waals surface area contributed by atoms with E-state index in [1.165, 1.54) is 12.1 Å². The van der Waals surface area contributed by atoms with Crippen molar-refractivity contribution in [2.45, 2.75) is 70.0 Å². The van der Waals surface area contributed by atoms with E-state index in [4.69, 9.17) is 4.74 Å². The lowest BCUT2D eigenvalue weighted by molar-refractivity contribution is -0.156.